The van der Waals surface area contributed by atoms with Gasteiger partial charge < -0.3 is 20.2 Å². The van der Waals surface area contributed by atoms with Crippen LogP contribution in [0.2, 0.25) is 0 Å². The van der Waals surface area contributed by atoms with Crippen LogP contribution in [-0.2, 0) is 4.74 Å². The lowest BCUT2D eigenvalue weighted by Crippen LogP contribution is -2.19. The fourth-order valence-electron chi connectivity index (χ4n) is 3.63. The summed E-state index contributed by atoms with van der Waals surface area (Å²) in [7, 11) is 0. The van der Waals surface area contributed by atoms with Crippen molar-refractivity contribution in [3.63, 3.8) is 0 Å². The third-order valence-corrected chi connectivity index (χ3v) is 5.35. The molecule has 1 fully saturated rings. The molecule has 1 saturated heterocycles. The van der Waals surface area contributed by atoms with Crippen molar-refractivity contribution in [3.8, 4) is 17.0 Å². The summed E-state index contributed by atoms with van der Waals surface area (Å²) in [5.74, 6) is 0.164. The smallest absolute Gasteiger partial charge is 0.258 e. The number of carbonyl (C=O) groups is 1. The molecule has 1 atom stereocenters. The van der Waals surface area contributed by atoms with E-state index in [0.29, 0.717) is 35.1 Å². The Labute approximate surface area is 184 Å². The zero-order valence-electron chi connectivity index (χ0n) is 17.2. The van der Waals surface area contributed by atoms with Crippen molar-refractivity contribution in [2.24, 2.45) is 0 Å². The van der Waals surface area contributed by atoms with Gasteiger partial charge in [0.05, 0.1) is 23.0 Å². The van der Waals surface area contributed by atoms with Crippen LogP contribution in [0, 0.1) is 5.82 Å². The molecule has 2 aliphatic heterocycles. The molecule has 0 bridgehead atoms. The van der Waals surface area contributed by atoms with Crippen LogP contribution in [0.1, 0.15) is 23.2 Å². The molecule has 3 aromatic rings. The molecule has 164 valence electrons. The topological polar surface area (TPSA) is 96.5 Å². The largest absolute Gasteiger partial charge is 0.491 e. The molecule has 5 rings (SSSR count). The lowest BCUT2D eigenvalue weighted by molar-refractivity contribution is 0.0679. The highest BCUT2D eigenvalue weighted by Gasteiger charge is 2.17. The van der Waals surface area contributed by atoms with Crippen LogP contribution in [0.25, 0.3) is 11.3 Å². The van der Waals surface area contributed by atoms with E-state index in [4.69, 9.17) is 9.47 Å². The molecule has 1 amide bonds. The molecule has 4 N–H and O–H groups in total. The molecule has 2 aliphatic rings. The highest BCUT2D eigenvalue weighted by Crippen LogP contribution is 2.28. The molecule has 0 saturated carbocycles. The van der Waals surface area contributed by atoms with Crippen molar-refractivity contribution in [1.82, 2.24) is 10.5 Å². The molecule has 9 heteroatoms. The van der Waals surface area contributed by atoms with Crippen LogP contribution in [-0.4, -0.2) is 30.2 Å². The number of pyridine rings is 1. The third-order valence-electron chi connectivity index (χ3n) is 5.35. The minimum atomic E-state index is -0.606. The number of benzene rings is 2. The van der Waals surface area contributed by atoms with Gasteiger partial charge in [0, 0.05) is 17.9 Å². The summed E-state index contributed by atoms with van der Waals surface area (Å²) < 4.78 is 25.7. The maximum absolute atomic E-state index is 14.4. The van der Waals surface area contributed by atoms with Gasteiger partial charge in [-0.1, -0.05) is 0 Å². The number of nitrogens with one attached hydrogen (secondary N) is 4. The van der Waals surface area contributed by atoms with Gasteiger partial charge in [-0.15, -0.1) is 5.53 Å². The molecule has 0 spiro atoms. The first-order chi connectivity index (χ1) is 15.7. The van der Waals surface area contributed by atoms with Crippen molar-refractivity contribution < 1.29 is 18.7 Å². The quantitative estimate of drug-likeness (QED) is 0.466. The van der Waals surface area contributed by atoms with Crippen LogP contribution in [0.5, 0.6) is 5.75 Å². The molecule has 0 aliphatic carbocycles. The zero-order valence-corrected chi connectivity index (χ0v) is 17.2. The predicted molar refractivity (Wildman–Crippen MR) is 119 cm³/mol. The highest BCUT2D eigenvalue weighted by molar-refractivity contribution is 6.05. The summed E-state index contributed by atoms with van der Waals surface area (Å²) in [6, 6.07) is 15.0. The van der Waals surface area contributed by atoms with E-state index in [0.717, 1.165) is 25.1 Å². The van der Waals surface area contributed by atoms with Crippen LogP contribution in [0.3, 0.4) is 0 Å². The van der Waals surface area contributed by atoms with E-state index in [9.17, 15) is 9.18 Å². The Morgan fingerprint density at radius 1 is 1.16 bits per heavy atom. The van der Waals surface area contributed by atoms with E-state index in [1.54, 1.807) is 36.4 Å². The molecule has 32 heavy (non-hydrogen) atoms. The molecular formula is C23H22FN5O3. The number of hydrogen-bond acceptors (Lipinski definition) is 7. The minimum Gasteiger partial charge on any atom is -0.491 e. The second-order valence-electron chi connectivity index (χ2n) is 7.59. The zero-order chi connectivity index (χ0) is 21.9. The molecular weight excluding hydrogens is 413 g/mol. The van der Waals surface area contributed by atoms with E-state index in [2.05, 4.69) is 26.7 Å². The normalized spacial score (nSPS) is 16.7. The van der Waals surface area contributed by atoms with Crippen molar-refractivity contribution in [2.45, 2.75) is 18.9 Å². The van der Waals surface area contributed by atoms with Gasteiger partial charge >= 0.3 is 0 Å². The Morgan fingerprint density at radius 3 is 2.84 bits per heavy atom. The number of rotatable bonds is 6. The number of ether oxygens (including phenoxy) is 2. The molecule has 0 radical (unpaired) electrons. The maximum Gasteiger partial charge on any atom is 0.258 e. The summed E-state index contributed by atoms with van der Waals surface area (Å²) in [5, 5.41) is 2.73. The second kappa shape index (κ2) is 8.81. The van der Waals surface area contributed by atoms with Crippen molar-refractivity contribution in [2.75, 3.05) is 29.4 Å². The van der Waals surface area contributed by atoms with Gasteiger partial charge in [0.2, 0.25) is 0 Å². The van der Waals surface area contributed by atoms with Gasteiger partial charge in [-0.05, 0) is 67.4 Å². The number of hydrazine groups is 2. The SMILES string of the molecule is O=C(Nc1ccc(OCC2CCCO2)cc1)c1cc(-c2ccc3c(n2)NNN3)ccc1F. The van der Waals surface area contributed by atoms with Crippen LogP contribution in [0.15, 0.2) is 54.6 Å². The van der Waals surface area contributed by atoms with Gasteiger partial charge in [-0.3, -0.25) is 10.2 Å². The Hall–Kier alpha value is -3.69. The molecule has 1 aromatic heterocycles. The van der Waals surface area contributed by atoms with E-state index < -0.39 is 11.7 Å². The van der Waals surface area contributed by atoms with Crippen LogP contribution < -0.4 is 26.4 Å². The van der Waals surface area contributed by atoms with Gasteiger partial charge in [0.25, 0.3) is 5.91 Å². The number of anilines is 3. The first kappa shape index (κ1) is 20.2. The van der Waals surface area contributed by atoms with Crippen molar-refractivity contribution in [3.05, 3.63) is 66.0 Å². The van der Waals surface area contributed by atoms with Gasteiger partial charge in [-0.25, -0.2) is 9.37 Å². The first-order valence-electron chi connectivity index (χ1n) is 10.4. The standard InChI is InChI=1S/C23H22FN5O3/c24-19-8-3-14(20-9-10-21-22(26-20)28-29-27-21)12-18(19)23(30)25-15-4-6-16(7-5-15)32-13-17-2-1-11-31-17/h3-10,12,17,27,29H,1-2,11,13H2,(H,25,30)(H,26,28). The number of nitrogens with zero attached hydrogens (tertiary/aromatic N) is 1. The number of halogens is 1. The maximum atomic E-state index is 14.4. The highest BCUT2D eigenvalue weighted by atomic mass is 19.1. The van der Waals surface area contributed by atoms with Crippen molar-refractivity contribution >= 4 is 23.1 Å². The average molecular weight is 435 g/mol. The average Bonchev–Trinajstić information content (AvgIpc) is 3.50. The van der Waals surface area contributed by atoms with Gasteiger partial charge in [-0.2, -0.15) is 0 Å². The number of amides is 1. The van der Waals surface area contributed by atoms with Gasteiger partial charge in [0.15, 0.2) is 5.82 Å². The fraction of sp³-hybridized carbons (Fsp3) is 0.217. The summed E-state index contributed by atoms with van der Waals surface area (Å²) in [4.78, 5) is 17.2. The third kappa shape index (κ3) is 4.34. The van der Waals surface area contributed by atoms with E-state index in [1.807, 2.05) is 6.07 Å². The Morgan fingerprint density at radius 2 is 2.03 bits per heavy atom. The monoisotopic (exact) mass is 435 g/mol. The Balaban J connectivity index is 1.27. The second-order valence-corrected chi connectivity index (χ2v) is 7.59. The number of carbonyl (C=O) groups excluding carboxylic acids is 1. The molecule has 3 heterocycles. The molecule has 8 nitrogen and oxygen atoms in total. The van der Waals surface area contributed by atoms with E-state index in [-0.39, 0.29) is 11.7 Å². The number of fused-ring (bicyclic) bond motifs is 1. The summed E-state index contributed by atoms with van der Waals surface area (Å²) >= 11 is 0. The fourth-order valence-corrected chi connectivity index (χ4v) is 3.63. The number of aromatic nitrogens is 1. The number of hydrogen-bond donors (Lipinski definition) is 4. The Bertz CT molecular complexity index is 1130. The minimum absolute atomic E-state index is 0.0623. The first-order valence-corrected chi connectivity index (χ1v) is 10.4. The Kier molecular flexibility index (Phi) is 5.57. The van der Waals surface area contributed by atoms with Gasteiger partial charge in [0.1, 0.15) is 18.2 Å². The summed E-state index contributed by atoms with van der Waals surface area (Å²) in [6.45, 7) is 1.28. The molecule has 1 unspecified atom stereocenters. The molecule has 2 aromatic carbocycles. The van der Waals surface area contributed by atoms with E-state index in [1.165, 1.54) is 12.1 Å². The van der Waals surface area contributed by atoms with Crippen molar-refractivity contribution in [1.29, 1.82) is 0 Å². The summed E-state index contributed by atoms with van der Waals surface area (Å²) in [5.41, 5.74) is 11.1. The lowest BCUT2D eigenvalue weighted by atomic mass is 10.1. The summed E-state index contributed by atoms with van der Waals surface area (Å²) in [6.07, 6.45) is 2.20. The van der Waals surface area contributed by atoms with Crippen LogP contribution in [0.4, 0.5) is 21.6 Å². The predicted octanol–water partition coefficient (Wildman–Crippen LogP) is 3.95. The van der Waals surface area contributed by atoms with E-state index >= 15 is 0 Å². The lowest BCUT2D eigenvalue weighted by Gasteiger charge is -2.12. The van der Waals surface area contributed by atoms with Crippen LogP contribution >= 0.6 is 0 Å².